The van der Waals surface area contributed by atoms with E-state index in [1.165, 1.54) is 12.1 Å². The van der Waals surface area contributed by atoms with Crippen molar-refractivity contribution in [2.24, 2.45) is 0 Å². The van der Waals surface area contributed by atoms with Gasteiger partial charge in [-0.1, -0.05) is 19.1 Å². The molecule has 98 valence electrons. The fraction of sp³-hybridized carbons (Fsp3) is 0.500. The molecule has 1 saturated heterocycles. The zero-order chi connectivity index (χ0) is 13.0. The Balaban J connectivity index is 1.96. The van der Waals surface area contributed by atoms with Gasteiger partial charge in [-0.25, -0.2) is 4.39 Å². The van der Waals surface area contributed by atoms with Crippen LogP contribution in [-0.4, -0.2) is 18.5 Å². The molecule has 1 aromatic rings. The first kappa shape index (κ1) is 13.0. The smallest absolute Gasteiger partial charge is 0.220 e. The third-order valence-corrected chi connectivity index (χ3v) is 3.38. The van der Waals surface area contributed by atoms with E-state index in [1.54, 1.807) is 0 Å². The van der Waals surface area contributed by atoms with E-state index in [9.17, 15) is 9.18 Å². The number of carbonyl (C=O) groups is 1. The highest BCUT2D eigenvalue weighted by Gasteiger charge is 2.20. The largest absolute Gasteiger partial charge is 0.355 e. The molecule has 2 rings (SSSR count). The molecule has 0 bridgehead atoms. The van der Waals surface area contributed by atoms with Crippen molar-refractivity contribution in [2.75, 3.05) is 6.54 Å². The number of hydrogen-bond donors (Lipinski definition) is 2. The SMILES string of the molecule is CCC(NC1CCC(=O)NC1)c1ccc(F)cc1. The van der Waals surface area contributed by atoms with Gasteiger partial charge in [0.05, 0.1) is 0 Å². The average molecular weight is 250 g/mol. The highest BCUT2D eigenvalue weighted by atomic mass is 19.1. The lowest BCUT2D eigenvalue weighted by Gasteiger charge is -2.28. The molecule has 0 radical (unpaired) electrons. The second-order valence-corrected chi connectivity index (χ2v) is 4.72. The van der Waals surface area contributed by atoms with Crippen LogP contribution in [0.15, 0.2) is 24.3 Å². The molecule has 1 amide bonds. The van der Waals surface area contributed by atoms with Crippen molar-refractivity contribution in [2.45, 2.75) is 38.3 Å². The lowest BCUT2D eigenvalue weighted by molar-refractivity contribution is -0.122. The summed E-state index contributed by atoms with van der Waals surface area (Å²) in [6.45, 7) is 2.78. The lowest BCUT2D eigenvalue weighted by atomic mass is 10.0. The van der Waals surface area contributed by atoms with Gasteiger partial charge >= 0.3 is 0 Å². The van der Waals surface area contributed by atoms with E-state index in [1.807, 2.05) is 12.1 Å². The Hall–Kier alpha value is -1.42. The summed E-state index contributed by atoms with van der Waals surface area (Å²) >= 11 is 0. The first-order valence-electron chi connectivity index (χ1n) is 6.47. The van der Waals surface area contributed by atoms with Crippen LogP contribution in [0.25, 0.3) is 0 Å². The normalized spacial score (nSPS) is 21.4. The van der Waals surface area contributed by atoms with Crippen LogP contribution in [0.1, 0.15) is 37.8 Å². The summed E-state index contributed by atoms with van der Waals surface area (Å²) in [4.78, 5) is 11.1. The number of benzene rings is 1. The first-order chi connectivity index (χ1) is 8.69. The van der Waals surface area contributed by atoms with Gasteiger partial charge in [0.1, 0.15) is 5.82 Å². The molecular weight excluding hydrogens is 231 g/mol. The van der Waals surface area contributed by atoms with Crippen LogP contribution in [0.3, 0.4) is 0 Å². The van der Waals surface area contributed by atoms with Crippen molar-refractivity contribution in [1.82, 2.24) is 10.6 Å². The first-order valence-corrected chi connectivity index (χ1v) is 6.47. The molecular formula is C14H19FN2O. The Morgan fingerprint density at radius 3 is 2.72 bits per heavy atom. The van der Waals surface area contributed by atoms with Crippen LogP contribution in [0, 0.1) is 5.82 Å². The van der Waals surface area contributed by atoms with Gasteiger partial charge in [0.2, 0.25) is 5.91 Å². The summed E-state index contributed by atoms with van der Waals surface area (Å²) in [6, 6.07) is 7.13. The summed E-state index contributed by atoms with van der Waals surface area (Å²) in [5.74, 6) is -0.0820. The Morgan fingerprint density at radius 1 is 1.44 bits per heavy atom. The summed E-state index contributed by atoms with van der Waals surface area (Å²) in [6.07, 6.45) is 2.39. The average Bonchev–Trinajstić information content (AvgIpc) is 2.39. The number of halogens is 1. The second-order valence-electron chi connectivity index (χ2n) is 4.72. The van der Waals surface area contributed by atoms with E-state index in [-0.39, 0.29) is 17.8 Å². The van der Waals surface area contributed by atoms with E-state index in [4.69, 9.17) is 0 Å². The molecule has 0 aliphatic carbocycles. The fourth-order valence-corrected chi connectivity index (χ4v) is 2.30. The van der Waals surface area contributed by atoms with Gasteiger partial charge in [0.25, 0.3) is 0 Å². The molecule has 3 nitrogen and oxygen atoms in total. The van der Waals surface area contributed by atoms with Crippen LogP contribution in [0.4, 0.5) is 4.39 Å². The van der Waals surface area contributed by atoms with Gasteiger partial charge in [-0.2, -0.15) is 0 Å². The molecule has 0 aromatic heterocycles. The molecule has 0 spiro atoms. The molecule has 1 aliphatic heterocycles. The van der Waals surface area contributed by atoms with E-state index >= 15 is 0 Å². The topological polar surface area (TPSA) is 41.1 Å². The molecule has 2 N–H and O–H groups in total. The third kappa shape index (κ3) is 3.29. The van der Waals surface area contributed by atoms with Gasteiger partial charge in [-0.15, -0.1) is 0 Å². The molecule has 1 aliphatic rings. The highest BCUT2D eigenvalue weighted by molar-refractivity contribution is 5.76. The Labute approximate surface area is 107 Å². The standard InChI is InChI=1S/C14H19FN2O/c1-2-13(10-3-5-11(15)6-4-10)17-12-7-8-14(18)16-9-12/h3-6,12-13,17H,2,7-9H2,1H3,(H,16,18). The van der Waals surface area contributed by atoms with Gasteiger partial charge in [-0.3, -0.25) is 4.79 Å². The van der Waals surface area contributed by atoms with Crippen LogP contribution in [0.2, 0.25) is 0 Å². The van der Waals surface area contributed by atoms with Crippen molar-refractivity contribution >= 4 is 5.91 Å². The predicted molar refractivity (Wildman–Crippen MR) is 68.6 cm³/mol. The monoisotopic (exact) mass is 250 g/mol. The minimum atomic E-state index is -0.210. The number of rotatable bonds is 4. The Morgan fingerprint density at radius 2 is 2.17 bits per heavy atom. The molecule has 4 heteroatoms. The van der Waals surface area contributed by atoms with Gasteiger partial charge in [-0.05, 0) is 30.5 Å². The quantitative estimate of drug-likeness (QED) is 0.859. The number of hydrogen-bond acceptors (Lipinski definition) is 2. The van der Waals surface area contributed by atoms with E-state index < -0.39 is 0 Å². The minimum absolute atomic E-state index is 0.128. The van der Waals surface area contributed by atoms with Crippen molar-refractivity contribution < 1.29 is 9.18 Å². The van der Waals surface area contributed by atoms with Crippen molar-refractivity contribution in [3.63, 3.8) is 0 Å². The fourth-order valence-electron chi connectivity index (χ4n) is 2.30. The van der Waals surface area contributed by atoms with E-state index in [0.717, 1.165) is 18.4 Å². The lowest BCUT2D eigenvalue weighted by Crippen LogP contribution is -2.46. The molecule has 1 heterocycles. The number of amides is 1. The Kier molecular flexibility index (Phi) is 4.31. The maximum atomic E-state index is 12.9. The van der Waals surface area contributed by atoms with Gasteiger partial charge < -0.3 is 10.6 Å². The summed E-state index contributed by atoms with van der Waals surface area (Å²) in [5, 5.41) is 6.39. The van der Waals surface area contributed by atoms with Crippen LogP contribution < -0.4 is 10.6 Å². The summed E-state index contributed by atoms with van der Waals surface area (Å²) in [5.41, 5.74) is 1.09. The number of carbonyl (C=O) groups excluding carboxylic acids is 1. The highest BCUT2D eigenvalue weighted by Crippen LogP contribution is 2.19. The van der Waals surface area contributed by atoms with E-state index in [0.29, 0.717) is 19.0 Å². The maximum absolute atomic E-state index is 12.9. The molecule has 18 heavy (non-hydrogen) atoms. The maximum Gasteiger partial charge on any atom is 0.220 e. The molecule has 1 aromatic carbocycles. The van der Waals surface area contributed by atoms with E-state index in [2.05, 4.69) is 17.6 Å². The van der Waals surface area contributed by atoms with Crippen molar-refractivity contribution in [3.8, 4) is 0 Å². The van der Waals surface area contributed by atoms with Crippen LogP contribution in [-0.2, 0) is 4.79 Å². The zero-order valence-electron chi connectivity index (χ0n) is 10.6. The van der Waals surface area contributed by atoms with Crippen LogP contribution >= 0.6 is 0 Å². The van der Waals surface area contributed by atoms with Crippen molar-refractivity contribution in [1.29, 1.82) is 0 Å². The van der Waals surface area contributed by atoms with Gasteiger partial charge in [0.15, 0.2) is 0 Å². The number of piperidine rings is 1. The van der Waals surface area contributed by atoms with Gasteiger partial charge in [0, 0.05) is 25.0 Å². The molecule has 0 saturated carbocycles. The molecule has 1 fully saturated rings. The summed E-state index contributed by atoms with van der Waals surface area (Å²) in [7, 11) is 0. The predicted octanol–water partition coefficient (Wildman–Crippen LogP) is 2.14. The number of nitrogens with one attached hydrogen (secondary N) is 2. The molecule has 2 atom stereocenters. The molecule has 2 unspecified atom stereocenters. The minimum Gasteiger partial charge on any atom is -0.355 e. The third-order valence-electron chi connectivity index (χ3n) is 3.38. The Bertz CT molecular complexity index is 395. The second kappa shape index (κ2) is 5.96. The summed E-state index contributed by atoms with van der Waals surface area (Å²) < 4.78 is 12.9. The van der Waals surface area contributed by atoms with Crippen molar-refractivity contribution in [3.05, 3.63) is 35.6 Å². The van der Waals surface area contributed by atoms with Crippen LogP contribution in [0.5, 0.6) is 0 Å². The zero-order valence-corrected chi connectivity index (χ0v) is 10.6.